The molecule has 2 nitrogen and oxygen atoms in total. The Hall–Kier alpha value is -0.0600. The van der Waals surface area contributed by atoms with Gasteiger partial charge in [-0.3, -0.25) is 0 Å². The van der Waals surface area contributed by atoms with Crippen molar-refractivity contribution in [2.24, 2.45) is 5.41 Å². The van der Waals surface area contributed by atoms with Gasteiger partial charge in [0.2, 0.25) is 0 Å². The number of rotatable bonds is 1. The van der Waals surface area contributed by atoms with Crippen LogP contribution in [0.2, 0.25) is 0 Å². The Morgan fingerprint density at radius 3 is 2.46 bits per heavy atom. The average Bonchev–Trinajstić information content (AvgIpc) is 2.01. The van der Waals surface area contributed by atoms with Gasteiger partial charge in [-0.25, -0.2) is 4.99 Å². The van der Waals surface area contributed by atoms with E-state index in [2.05, 4.69) is 24.9 Å². The predicted octanol–water partition coefficient (Wildman–Crippen LogP) is -2.51. The van der Waals surface area contributed by atoms with Crippen molar-refractivity contribution in [1.29, 1.82) is 0 Å². The normalized spacial score (nSPS) is 23.4. The molecule has 0 saturated heterocycles. The first-order valence-corrected chi connectivity index (χ1v) is 4.35. The van der Waals surface area contributed by atoms with Gasteiger partial charge in [0.1, 0.15) is 12.8 Å². The molecule has 0 amide bonds. The topological polar surface area (TPSA) is 23.2 Å². The first-order chi connectivity index (χ1) is 5.57. The standard InChI is InChI=1S/C10H17NO.HI/c1-10(2)6-8(11-3)5-9(7-10)12-4;/h5H,6-7H2,1-4H3;1H. The van der Waals surface area contributed by atoms with E-state index in [4.69, 9.17) is 4.74 Å². The van der Waals surface area contributed by atoms with E-state index in [9.17, 15) is 0 Å². The summed E-state index contributed by atoms with van der Waals surface area (Å²) in [6.07, 6.45) is 4.25. The maximum atomic E-state index is 5.26. The second-order valence-corrected chi connectivity index (χ2v) is 4.11. The average molecular weight is 295 g/mol. The summed E-state index contributed by atoms with van der Waals surface area (Å²) in [5, 5.41) is 0. The highest BCUT2D eigenvalue weighted by Crippen LogP contribution is 2.32. The zero-order valence-electron chi connectivity index (χ0n) is 8.78. The monoisotopic (exact) mass is 295 g/mol. The van der Waals surface area contributed by atoms with Crippen molar-refractivity contribution in [3.63, 3.8) is 0 Å². The summed E-state index contributed by atoms with van der Waals surface area (Å²) in [5.74, 6) is 1.08. The third-order valence-electron chi connectivity index (χ3n) is 2.24. The molecular weight excluding hydrogens is 277 g/mol. The summed E-state index contributed by atoms with van der Waals surface area (Å²) in [6.45, 7) is 4.52. The third-order valence-corrected chi connectivity index (χ3v) is 2.24. The molecule has 0 aromatic rings. The Balaban J connectivity index is 0.00000144. The Morgan fingerprint density at radius 1 is 1.38 bits per heavy atom. The van der Waals surface area contributed by atoms with Crippen LogP contribution in [0.4, 0.5) is 0 Å². The fourth-order valence-corrected chi connectivity index (χ4v) is 1.64. The van der Waals surface area contributed by atoms with Crippen LogP contribution < -0.4 is 29.0 Å². The lowest BCUT2D eigenvalue weighted by Crippen LogP contribution is -3.00. The molecule has 0 radical (unpaired) electrons. The van der Waals surface area contributed by atoms with E-state index in [1.54, 1.807) is 7.11 Å². The molecule has 1 N–H and O–H groups in total. The summed E-state index contributed by atoms with van der Waals surface area (Å²) >= 11 is 0. The molecule has 1 rings (SSSR count). The highest BCUT2D eigenvalue weighted by Gasteiger charge is 2.29. The van der Waals surface area contributed by atoms with Crippen molar-refractivity contribution in [2.75, 3.05) is 14.2 Å². The van der Waals surface area contributed by atoms with Gasteiger partial charge in [0.15, 0.2) is 5.71 Å². The first kappa shape index (κ1) is 12.9. The molecular formula is C10H18INO. The minimum Gasteiger partial charge on any atom is -1.00 e. The SMILES string of the molecule is C[NH+]=C1C=C(OC)CC(C)(C)C1.[I-]. The van der Waals surface area contributed by atoms with Gasteiger partial charge in [-0.2, -0.15) is 0 Å². The Morgan fingerprint density at radius 2 is 2.00 bits per heavy atom. The van der Waals surface area contributed by atoms with Crippen LogP contribution in [0, 0.1) is 5.41 Å². The quantitative estimate of drug-likeness (QED) is 0.531. The van der Waals surface area contributed by atoms with E-state index in [0.717, 1.165) is 18.6 Å². The van der Waals surface area contributed by atoms with Crippen LogP contribution in [0.5, 0.6) is 0 Å². The van der Waals surface area contributed by atoms with Crippen molar-refractivity contribution in [3.05, 3.63) is 11.8 Å². The molecule has 0 bridgehead atoms. The van der Waals surface area contributed by atoms with Gasteiger partial charge in [0.05, 0.1) is 7.11 Å². The number of hydrogen-bond donors (Lipinski definition) is 1. The van der Waals surface area contributed by atoms with E-state index < -0.39 is 0 Å². The number of hydrogen-bond acceptors (Lipinski definition) is 1. The van der Waals surface area contributed by atoms with Gasteiger partial charge in [0.25, 0.3) is 0 Å². The molecule has 0 aromatic heterocycles. The van der Waals surface area contributed by atoms with E-state index in [-0.39, 0.29) is 24.0 Å². The molecule has 0 aromatic carbocycles. The third kappa shape index (κ3) is 3.67. The van der Waals surface area contributed by atoms with E-state index in [0.29, 0.717) is 5.41 Å². The van der Waals surface area contributed by atoms with Gasteiger partial charge >= 0.3 is 0 Å². The summed E-state index contributed by atoms with van der Waals surface area (Å²) in [6, 6.07) is 0. The van der Waals surface area contributed by atoms with Crippen molar-refractivity contribution in [3.8, 4) is 0 Å². The number of methoxy groups -OCH3 is 1. The van der Waals surface area contributed by atoms with Crippen molar-refractivity contribution < 1.29 is 33.7 Å². The van der Waals surface area contributed by atoms with Gasteiger partial charge in [0, 0.05) is 18.9 Å². The van der Waals surface area contributed by atoms with Gasteiger partial charge in [-0.05, 0) is 5.41 Å². The Kier molecular flexibility index (Phi) is 4.96. The molecule has 0 saturated carbocycles. The zero-order valence-corrected chi connectivity index (χ0v) is 10.9. The van der Waals surface area contributed by atoms with Crippen LogP contribution in [0.1, 0.15) is 26.7 Å². The van der Waals surface area contributed by atoms with Crippen LogP contribution in [-0.2, 0) is 4.74 Å². The summed E-state index contributed by atoms with van der Waals surface area (Å²) < 4.78 is 5.26. The van der Waals surface area contributed by atoms with E-state index in [1.807, 2.05) is 7.05 Å². The molecule has 1 aliphatic carbocycles. The Labute approximate surface area is 97.5 Å². The maximum Gasteiger partial charge on any atom is 0.178 e. The molecule has 0 aliphatic heterocycles. The second-order valence-electron chi connectivity index (χ2n) is 4.11. The summed E-state index contributed by atoms with van der Waals surface area (Å²) in [7, 11) is 3.70. The summed E-state index contributed by atoms with van der Waals surface area (Å²) in [4.78, 5) is 3.18. The zero-order chi connectivity index (χ0) is 9.19. The molecule has 0 unspecified atom stereocenters. The number of allylic oxidation sites excluding steroid dienone is 2. The molecule has 0 atom stereocenters. The first-order valence-electron chi connectivity index (χ1n) is 4.35. The lowest BCUT2D eigenvalue weighted by Gasteiger charge is -2.27. The number of nitrogens with one attached hydrogen (secondary N) is 1. The van der Waals surface area contributed by atoms with Gasteiger partial charge in [-0.15, -0.1) is 0 Å². The molecule has 13 heavy (non-hydrogen) atoms. The van der Waals surface area contributed by atoms with Crippen molar-refractivity contribution in [1.82, 2.24) is 0 Å². The second kappa shape index (κ2) is 4.98. The number of halogens is 1. The lowest BCUT2D eigenvalue weighted by molar-refractivity contribution is -0.421. The minimum atomic E-state index is 0. The molecule has 76 valence electrons. The molecule has 0 spiro atoms. The molecule has 3 heteroatoms. The molecule has 0 heterocycles. The molecule has 1 aliphatic rings. The minimum absolute atomic E-state index is 0. The van der Waals surface area contributed by atoms with Crippen LogP contribution >= 0.6 is 0 Å². The highest BCUT2D eigenvalue weighted by molar-refractivity contribution is 5.91. The summed E-state index contributed by atoms with van der Waals surface area (Å²) in [5.41, 5.74) is 1.60. The smallest absolute Gasteiger partial charge is 0.178 e. The molecule has 0 fully saturated rings. The maximum absolute atomic E-state index is 5.26. The van der Waals surface area contributed by atoms with Crippen molar-refractivity contribution >= 4 is 5.71 Å². The van der Waals surface area contributed by atoms with E-state index in [1.165, 1.54) is 5.71 Å². The largest absolute Gasteiger partial charge is 1.00 e. The fourth-order valence-electron chi connectivity index (χ4n) is 1.64. The van der Waals surface area contributed by atoms with Crippen molar-refractivity contribution in [2.45, 2.75) is 26.7 Å². The van der Waals surface area contributed by atoms with E-state index >= 15 is 0 Å². The van der Waals surface area contributed by atoms with Gasteiger partial charge < -0.3 is 28.7 Å². The fraction of sp³-hybridized carbons (Fsp3) is 0.700. The van der Waals surface area contributed by atoms with Crippen LogP contribution in [-0.4, -0.2) is 19.9 Å². The Bertz CT molecular complexity index is 231. The van der Waals surface area contributed by atoms with Crippen LogP contribution in [0.25, 0.3) is 0 Å². The number of ether oxygens (including phenoxy) is 1. The lowest BCUT2D eigenvalue weighted by atomic mass is 9.79. The van der Waals surface area contributed by atoms with Gasteiger partial charge in [-0.1, -0.05) is 13.8 Å². The predicted molar refractivity (Wildman–Crippen MR) is 50.0 cm³/mol. The van der Waals surface area contributed by atoms with Crippen LogP contribution in [0.3, 0.4) is 0 Å². The highest BCUT2D eigenvalue weighted by atomic mass is 127. The van der Waals surface area contributed by atoms with Crippen LogP contribution in [0.15, 0.2) is 11.8 Å².